The number of carbonyl (C=O) groups excluding carboxylic acids is 1. The van der Waals surface area contributed by atoms with Gasteiger partial charge in [-0.15, -0.1) is 0 Å². The van der Waals surface area contributed by atoms with Crippen LogP contribution in [0.5, 0.6) is 0 Å². The van der Waals surface area contributed by atoms with Gasteiger partial charge < -0.3 is 10.2 Å². The van der Waals surface area contributed by atoms with Crippen molar-refractivity contribution in [1.29, 1.82) is 0 Å². The average Bonchev–Trinajstić information content (AvgIpc) is 3.26. The van der Waals surface area contributed by atoms with Gasteiger partial charge in [0.15, 0.2) is 5.82 Å². The minimum atomic E-state index is -0.475. The highest BCUT2D eigenvalue weighted by atomic mass is 16.2. The number of rotatable bonds is 3. The topological polar surface area (TPSA) is 84.5 Å². The molecule has 0 radical (unpaired) electrons. The molecule has 0 aliphatic carbocycles. The predicted molar refractivity (Wildman–Crippen MR) is 98.8 cm³/mol. The van der Waals surface area contributed by atoms with Gasteiger partial charge in [-0.05, 0) is 31.9 Å². The Morgan fingerprint density at radius 3 is 2.77 bits per heavy atom. The zero-order chi connectivity index (χ0) is 18.3. The second-order valence-corrected chi connectivity index (χ2v) is 6.46. The van der Waals surface area contributed by atoms with Crippen molar-refractivity contribution in [3.05, 3.63) is 52.2 Å². The van der Waals surface area contributed by atoms with E-state index in [-0.39, 0.29) is 5.56 Å². The van der Waals surface area contributed by atoms with E-state index in [0.717, 1.165) is 37.4 Å². The van der Waals surface area contributed by atoms with Crippen LogP contribution in [-0.2, 0) is 7.05 Å². The van der Waals surface area contributed by atoms with Crippen molar-refractivity contribution in [3.8, 4) is 0 Å². The van der Waals surface area contributed by atoms with Crippen LogP contribution in [0.3, 0.4) is 0 Å². The molecular weight excluding hydrogens is 332 g/mol. The predicted octanol–water partition coefficient (Wildman–Crippen LogP) is 1.59. The monoisotopic (exact) mass is 352 g/mol. The third kappa shape index (κ3) is 2.63. The number of anilines is 2. The van der Waals surface area contributed by atoms with E-state index < -0.39 is 11.5 Å². The van der Waals surface area contributed by atoms with Crippen LogP contribution < -0.4 is 15.8 Å². The molecule has 0 aromatic carbocycles. The van der Waals surface area contributed by atoms with Crippen molar-refractivity contribution >= 4 is 23.1 Å². The Bertz CT molecular complexity index is 1050. The summed E-state index contributed by atoms with van der Waals surface area (Å²) in [5.74, 6) is 0.280. The summed E-state index contributed by atoms with van der Waals surface area (Å²) in [5, 5.41) is 7.42. The van der Waals surface area contributed by atoms with E-state index >= 15 is 0 Å². The van der Waals surface area contributed by atoms with Gasteiger partial charge in [0.25, 0.3) is 11.5 Å². The molecule has 0 atom stereocenters. The zero-order valence-electron chi connectivity index (χ0n) is 14.8. The number of nitrogens with zero attached hydrogens (tertiary/aromatic N) is 5. The van der Waals surface area contributed by atoms with Gasteiger partial charge in [-0.1, -0.05) is 6.07 Å². The van der Waals surface area contributed by atoms with E-state index in [9.17, 15) is 9.59 Å². The SMILES string of the molecule is Cc1c(NC(=O)c2cnc3ccccn3c2=O)c(N2CCCC2)nn1C. The number of carbonyl (C=O) groups is 1. The molecule has 1 aliphatic heterocycles. The third-order valence-corrected chi connectivity index (χ3v) is 4.82. The van der Waals surface area contributed by atoms with Crippen LogP contribution in [0, 0.1) is 6.92 Å². The molecule has 0 unspecified atom stereocenters. The lowest BCUT2D eigenvalue weighted by molar-refractivity contribution is 0.102. The summed E-state index contributed by atoms with van der Waals surface area (Å²) in [6, 6.07) is 5.25. The van der Waals surface area contributed by atoms with Crippen molar-refractivity contribution in [3.63, 3.8) is 0 Å². The molecule has 134 valence electrons. The van der Waals surface area contributed by atoms with Gasteiger partial charge in [-0.2, -0.15) is 5.10 Å². The molecule has 8 heteroatoms. The molecule has 0 bridgehead atoms. The van der Waals surface area contributed by atoms with Gasteiger partial charge in [-0.25, -0.2) is 4.98 Å². The number of hydrogen-bond donors (Lipinski definition) is 1. The largest absolute Gasteiger partial charge is 0.353 e. The van der Waals surface area contributed by atoms with Gasteiger partial charge in [0.1, 0.15) is 16.9 Å². The van der Waals surface area contributed by atoms with E-state index in [1.54, 1.807) is 29.1 Å². The second-order valence-electron chi connectivity index (χ2n) is 6.46. The first-order valence-corrected chi connectivity index (χ1v) is 8.62. The standard InChI is InChI=1S/C18H20N6O2/c1-12-15(16(21-22(12)2)23-8-5-6-9-23)20-17(25)13-11-19-14-7-3-4-10-24(14)18(13)26/h3-4,7,10-11H,5-6,8-9H2,1-2H3,(H,20,25). The highest BCUT2D eigenvalue weighted by Crippen LogP contribution is 2.30. The van der Waals surface area contributed by atoms with Crippen LogP contribution >= 0.6 is 0 Å². The van der Waals surface area contributed by atoms with E-state index in [1.165, 1.54) is 10.6 Å². The lowest BCUT2D eigenvalue weighted by atomic mass is 10.2. The van der Waals surface area contributed by atoms with E-state index in [4.69, 9.17) is 0 Å². The number of amides is 1. The molecule has 1 N–H and O–H groups in total. The third-order valence-electron chi connectivity index (χ3n) is 4.82. The van der Waals surface area contributed by atoms with Crippen molar-refractivity contribution in [2.75, 3.05) is 23.3 Å². The van der Waals surface area contributed by atoms with Crippen molar-refractivity contribution in [2.24, 2.45) is 7.05 Å². The van der Waals surface area contributed by atoms with Gasteiger partial charge in [0, 0.05) is 32.5 Å². The minimum absolute atomic E-state index is 0.00400. The van der Waals surface area contributed by atoms with Gasteiger partial charge in [0.05, 0.1) is 5.69 Å². The Morgan fingerprint density at radius 1 is 1.23 bits per heavy atom. The van der Waals surface area contributed by atoms with Gasteiger partial charge >= 0.3 is 0 Å². The highest BCUT2D eigenvalue weighted by molar-refractivity contribution is 6.05. The highest BCUT2D eigenvalue weighted by Gasteiger charge is 2.24. The Kier molecular flexibility index (Phi) is 3.95. The molecule has 8 nitrogen and oxygen atoms in total. The first-order chi connectivity index (χ1) is 12.6. The lowest BCUT2D eigenvalue weighted by Gasteiger charge is -2.16. The maximum atomic E-state index is 12.8. The number of aryl methyl sites for hydroxylation is 1. The smallest absolute Gasteiger partial charge is 0.270 e. The Hall–Kier alpha value is -3.16. The first kappa shape index (κ1) is 16.3. The summed E-state index contributed by atoms with van der Waals surface area (Å²) in [6.07, 6.45) is 5.15. The Balaban J connectivity index is 1.71. The second kappa shape index (κ2) is 6.29. The fourth-order valence-corrected chi connectivity index (χ4v) is 3.25. The van der Waals surface area contributed by atoms with Crippen LogP contribution in [-0.4, -0.2) is 38.2 Å². The summed E-state index contributed by atoms with van der Waals surface area (Å²) in [6.45, 7) is 3.73. The Morgan fingerprint density at radius 2 is 2.00 bits per heavy atom. The van der Waals surface area contributed by atoms with Crippen LogP contribution in [0.4, 0.5) is 11.5 Å². The molecule has 3 aromatic rings. The van der Waals surface area contributed by atoms with Crippen LogP contribution in [0.1, 0.15) is 28.9 Å². The van der Waals surface area contributed by atoms with Crippen LogP contribution in [0.25, 0.3) is 5.65 Å². The summed E-state index contributed by atoms with van der Waals surface area (Å²) < 4.78 is 3.11. The molecule has 3 aromatic heterocycles. The number of nitrogens with one attached hydrogen (secondary N) is 1. The molecule has 1 aliphatic rings. The van der Waals surface area contributed by atoms with Crippen LogP contribution in [0.15, 0.2) is 35.4 Å². The quantitative estimate of drug-likeness (QED) is 0.774. The molecule has 4 rings (SSSR count). The number of aromatic nitrogens is 4. The van der Waals surface area contributed by atoms with Crippen LogP contribution in [0.2, 0.25) is 0 Å². The average molecular weight is 352 g/mol. The molecule has 26 heavy (non-hydrogen) atoms. The normalized spacial score (nSPS) is 14.2. The fraction of sp³-hybridized carbons (Fsp3) is 0.333. The molecule has 0 saturated carbocycles. The first-order valence-electron chi connectivity index (χ1n) is 8.62. The van der Waals surface area contributed by atoms with E-state index in [1.807, 2.05) is 14.0 Å². The molecular formula is C18H20N6O2. The maximum Gasteiger partial charge on any atom is 0.270 e. The van der Waals surface area contributed by atoms with E-state index in [0.29, 0.717) is 11.3 Å². The molecule has 1 amide bonds. The summed E-state index contributed by atoms with van der Waals surface area (Å²) in [5.41, 5.74) is 1.61. The molecule has 0 spiro atoms. The summed E-state index contributed by atoms with van der Waals surface area (Å²) >= 11 is 0. The van der Waals surface area contributed by atoms with Crippen molar-refractivity contribution in [2.45, 2.75) is 19.8 Å². The van der Waals surface area contributed by atoms with Crippen molar-refractivity contribution < 1.29 is 4.79 Å². The molecule has 1 saturated heterocycles. The zero-order valence-corrected chi connectivity index (χ0v) is 14.8. The maximum absolute atomic E-state index is 12.8. The molecule has 4 heterocycles. The minimum Gasteiger partial charge on any atom is -0.353 e. The van der Waals surface area contributed by atoms with Gasteiger partial charge in [-0.3, -0.25) is 18.7 Å². The number of pyridine rings is 1. The Labute approximate surface area is 150 Å². The summed E-state index contributed by atoms with van der Waals surface area (Å²) in [7, 11) is 1.84. The number of hydrogen-bond acceptors (Lipinski definition) is 5. The fourth-order valence-electron chi connectivity index (χ4n) is 3.25. The summed E-state index contributed by atoms with van der Waals surface area (Å²) in [4.78, 5) is 31.8. The van der Waals surface area contributed by atoms with E-state index in [2.05, 4.69) is 20.3 Å². The van der Waals surface area contributed by atoms with Gasteiger partial charge in [0.2, 0.25) is 0 Å². The number of fused-ring (bicyclic) bond motifs is 1. The van der Waals surface area contributed by atoms with Crippen molar-refractivity contribution in [1.82, 2.24) is 19.2 Å². The lowest BCUT2D eigenvalue weighted by Crippen LogP contribution is -2.27. The molecule has 1 fully saturated rings.